The zero-order valence-electron chi connectivity index (χ0n) is 23.5. The van der Waals surface area contributed by atoms with Crippen molar-refractivity contribution in [3.8, 4) is 11.1 Å². The Morgan fingerprint density at radius 2 is 1.48 bits per heavy atom. The molecule has 3 aromatic carbocycles. The molecule has 0 fully saturated rings. The number of halogens is 5. The molecule has 0 aliphatic rings. The van der Waals surface area contributed by atoms with E-state index in [0.29, 0.717) is 46.8 Å². The summed E-state index contributed by atoms with van der Waals surface area (Å²) >= 11 is 0. The second-order valence-electron chi connectivity index (χ2n) is 11.0. The first kappa shape index (κ1) is 31.1. The quantitative estimate of drug-likeness (QED) is 0.173. The molecule has 0 aliphatic carbocycles. The zero-order valence-corrected chi connectivity index (χ0v) is 23.5. The average molecular weight is 562 g/mol. The van der Waals surface area contributed by atoms with Gasteiger partial charge in [0, 0.05) is 24.8 Å². The van der Waals surface area contributed by atoms with E-state index >= 15 is 0 Å². The maximum Gasteiger partial charge on any atom is 0.416 e. The van der Waals surface area contributed by atoms with Crippen molar-refractivity contribution in [2.45, 2.75) is 59.2 Å². The second-order valence-corrected chi connectivity index (χ2v) is 11.0. The van der Waals surface area contributed by atoms with Crippen LogP contribution in [-0.4, -0.2) is 19.6 Å². The third-order valence-electron chi connectivity index (χ3n) is 6.72. The van der Waals surface area contributed by atoms with E-state index < -0.39 is 35.3 Å². The summed E-state index contributed by atoms with van der Waals surface area (Å²) in [6.07, 6.45) is -3.18. The van der Waals surface area contributed by atoms with E-state index in [1.54, 1.807) is 6.07 Å². The number of rotatable bonds is 11. The third kappa shape index (κ3) is 8.54. The number of methoxy groups -OCH3 is 1. The molecule has 0 unspecified atom stereocenters. The monoisotopic (exact) mass is 561 g/mol. The van der Waals surface area contributed by atoms with E-state index in [4.69, 9.17) is 4.74 Å². The molecule has 0 saturated heterocycles. The Morgan fingerprint density at radius 1 is 0.850 bits per heavy atom. The van der Waals surface area contributed by atoms with Gasteiger partial charge in [0.15, 0.2) is 0 Å². The van der Waals surface area contributed by atoms with Gasteiger partial charge in [-0.1, -0.05) is 45.9 Å². The van der Waals surface area contributed by atoms with Gasteiger partial charge >= 0.3 is 12.1 Å². The van der Waals surface area contributed by atoms with Gasteiger partial charge in [0.1, 0.15) is 11.6 Å². The average Bonchev–Trinajstić information content (AvgIpc) is 2.87. The normalized spacial score (nSPS) is 12.6. The molecule has 3 aromatic rings. The van der Waals surface area contributed by atoms with Crippen LogP contribution < -0.4 is 4.90 Å². The SMILES string of the molecule is COC(=O)[C@H](CC(C)C)c1cc(-c2ccc(C(F)(F)F)cc2)cc(N(CCC(C)C)Cc2cc(F)cc(F)c2)c1. The summed E-state index contributed by atoms with van der Waals surface area (Å²) in [4.78, 5) is 14.8. The summed E-state index contributed by atoms with van der Waals surface area (Å²) in [5, 5.41) is 0. The molecule has 0 aromatic heterocycles. The van der Waals surface area contributed by atoms with Crippen LogP contribution in [-0.2, 0) is 22.3 Å². The fourth-order valence-electron chi connectivity index (χ4n) is 4.65. The number of anilines is 1. The molecule has 0 bridgehead atoms. The van der Waals surface area contributed by atoms with Crippen molar-refractivity contribution in [2.75, 3.05) is 18.6 Å². The lowest BCUT2D eigenvalue weighted by Crippen LogP contribution is -2.26. The lowest BCUT2D eigenvalue weighted by atomic mass is 9.88. The maximum absolute atomic E-state index is 14.0. The Balaban J connectivity index is 2.18. The molecule has 216 valence electrons. The van der Waals surface area contributed by atoms with E-state index in [9.17, 15) is 26.7 Å². The van der Waals surface area contributed by atoms with E-state index in [1.165, 1.54) is 31.4 Å². The molecule has 1 atom stereocenters. The van der Waals surface area contributed by atoms with E-state index in [1.807, 2.05) is 30.9 Å². The lowest BCUT2D eigenvalue weighted by Gasteiger charge is -2.28. The summed E-state index contributed by atoms with van der Waals surface area (Å²) in [5.74, 6) is -1.87. The van der Waals surface area contributed by atoms with E-state index in [-0.39, 0.29) is 12.5 Å². The van der Waals surface area contributed by atoms with Gasteiger partial charge in [-0.05, 0) is 83.3 Å². The van der Waals surface area contributed by atoms with Gasteiger partial charge in [0.05, 0.1) is 18.6 Å². The van der Waals surface area contributed by atoms with Crippen LogP contribution in [0.25, 0.3) is 11.1 Å². The summed E-state index contributed by atoms with van der Waals surface area (Å²) in [7, 11) is 1.32. The number of nitrogens with zero attached hydrogens (tertiary/aromatic N) is 1. The standard InChI is InChI=1S/C32H36F5NO2/c1-20(2)10-11-38(19-22-13-27(33)18-28(34)14-22)29-16-24(23-6-8-26(9-7-23)32(35,36)37)15-25(17-29)30(12-21(3)4)31(39)40-5/h6-9,13-18,20-21,30H,10-12,19H2,1-5H3/t30-/m1/s1. The number of ether oxygens (including phenoxy) is 1. The van der Waals surface area contributed by atoms with Crippen molar-refractivity contribution < 1.29 is 31.5 Å². The summed E-state index contributed by atoms with van der Waals surface area (Å²) in [5.41, 5.74) is 2.20. The predicted molar refractivity (Wildman–Crippen MR) is 148 cm³/mol. The minimum absolute atomic E-state index is 0.162. The minimum atomic E-state index is -4.47. The highest BCUT2D eigenvalue weighted by atomic mass is 19.4. The molecule has 40 heavy (non-hydrogen) atoms. The van der Waals surface area contributed by atoms with Crippen molar-refractivity contribution in [3.05, 3.63) is 89.0 Å². The van der Waals surface area contributed by atoms with Crippen molar-refractivity contribution in [1.29, 1.82) is 0 Å². The van der Waals surface area contributed by atoms with Gasteiger partial charge in [0.25, 0.3) is 0 Å². The molecule has 0 radical (unpaired) electrons. The first-order valence-electron chi connectivity index (χ1n) is 13.4. The molecular formula is C32H36F5NO2. The molecular weight excluding hydrogens is 525 g/mol. The summed E-state index contributed by atoms with van der Waals surface area (Å²) < 4.78 is 72.8. The van der Waals surface area contributed by atoms with Crippen LogP contribution in [0.2, 0.25) is 0 Å². The Kier molecular flexibility index (Phi) is 10.3. The highest BCUT2D eigenvalue weighted by molar-refractivity contribution is 5.80. The Bertz CT molecular complexity index is 1270. The largest absolute Gasteiger partial charge is 0.469 e. The second kappa shape index (κ2) is 13.3. The number of carbonyl (C=O) groups is 1. The van der Waals surface area contributed by atoms with Gasteiger partial charge in [0.2, 0.25) is 0 Å². The zero-order chi connectivity index (χ0) is 29.6. The highest BCUT2D eigenvalue weighted by Gasteiger charge is 2.30. The third-order valence-corrected chi connectivity index (χ3v) is 6.72. The molecule has 3 nitrogen and oxygen atoms in total. The number of hydrogen-bond donors (Lipinski definition) is 0. The molecule has 0 aliphatic heterocycles. The minimum Gasteiger partial charge on any atom is -0.469 e. The van der Waals surface area contributed by atoms with Crippen LogP contribution >= 0.6 is 0 Å². The van der Waals surface area contributed by atoms with Crippen LogP contribution in [0.3, 0.4) is 0 Å². The molecule has 8 heteroatoms. The molecule has 0 saturated carbocycles. The van der Waals surface area contributed by atoms with Crippen molar-refractivity contribution in [1.82, 2.24) is 0 Å². The smallest absolute Gasteiger partial charge is 0.416 e. The Hall–Kier alpha value is -3.42. The van der Waals surface area contributed by atoms with Gasteiger partial charge in [-0.2, -0.15) is 13.2 Å². The molecule has 0 N–H and O–H groups in total. The summed E-state index contributed by atoms with van der Waals surface area (Å²) in [6, 6.07) is 13.8. The van der Waals surface area contributed by atoms with Crippen LogP contribution in [0.15, 0.2) is 60.7 Å². The van der Waals surface area contributed by atoms with Gasteiger partial charge in [-0.25, -0.2) is 8.78 Å². The first-order valence-corrected chi connectivity index (χ1v) is 13.4. The van der Waals surface area contributed by atoms with Crippen LogP contribution in [0.4, 0.5) is 27.6 Å². The molecule has 3 rings (SSSR count). The molecule has 0 heterocycles. The number of hydrogen-bond acceptors (Lipinski definition) is 3. The fraction of sp³-hybridized carbons (Fsp3) is 0.406. The van der Waals surface area contributed by atoms with Gasteiger partial charge < -0.3 is 9.64 Å². The molecule has 0 amide bonds. The van der Waals surface area contributed by atoms with Crippen LogP contribution in [0.1, 0.15) is 63.1 Å². The van der Waals surface area contributed by atoms with Crippen molar-refractivity contribution in [3.63, 3.8) is 0 Å². The van der Waals surface area contributed by atoms with Crippen LogP contribution in [0, 0.1) is 23.5 Å². The number of alkyl halides is 3. The Labute approximate surface area is 233 Å². The number of carbonyl (C=O) groups excluding carboxylic acids is 1. The topological polar surface area (TPSA) is 29.5 Å². The Morgan fingerprint density at radius 3 is 2.00 bits per heavy atom. The van der Waals surface area contributed by atoms with Gasteiger partial charge in [-0.3, -0.25) is 4.79 Å². The maximum atomic E-state index is 14.0. The number of esters is 1. The first-order chi connectivity index (χ1) is 18.8. The van der Waals surface area contributed by atoms with E-state index in [2.05, 4.69) is 13.8 Å². The van der Waals surface area contributed by atoms with Crippen molar-refractivity contribution >= 4 is 11.7 Å². The summed E-state index contributed by atoms with van der Waals surface area (Å²) in [6.45, 7) is 8.87. The molecule has 0 spiro atoms. The van der Waals surface area contributed by atoms with Crippen molar-refractivity contribution in [2.24, 2.45) is 11.8 Å². The highest BCUT2D eigenvalue weighted by Crippen LogP contribution is 2.36. The van der Waals surface area contributed by atoms with Crippen LogP contribution in [0.5, 0.6) is 0 Å². The predicted octanol–water partition coefficient (Wildman–Crippen LogP) is 9.01. The van der Waals surface area contributed by atoms with E-state index in [0.717, 1.165) is 24.6 Å². The van der Waals surface area contributed by atoms with Gasteiger partial charge in [-0.15, -0.1) is 0 Å². The lowest BCUT2D eigenvalue weighted by molar-refractivity contribution is -0.143. The number of benzene rings is 3. The fourth-order valence-corrected chi connectivity index (χ4v) is 4.65.